The van der Waals surface area contributed by atoms with Crippen LogP contribution in [-0.4, -0.2) is 35.6 Å². The molecule has 7 heteroatoms. The summed E-state index contributed by atoms with van der Waals surface area (Å²) in [5.41, 5.74) is -0.0124. The van der Waals surface area contributed by atoms with E-state index in [-0.39, 0.29) is 5.69 Å². The molecule has 0 bridgehead atoms. The third-order valence-electron chi connectivity index (χ3n) is 1.89. The number of rotatable bonds is 3. The van der Waals surface area contributed by atoms with Crippen LogP contribution in [0.15, 0.2) is 22.7 Å². The lowest BCUT2D eigenvalue weighted by Gasteiger charge is -2.15. The van der Waals surface area contributed by atoms with Crippen molar-refractivity contribution in [3.05, 3.63) is 28.5 Å². The Bertz CT molecular complexity index is 453. The number of benzene rings is 1. The number of nitrogens with zero attached hydrogens (tertiary/aromatic N) is 1. The van der Waals surface area contributed by atoms with E-state index in [0.29, 0.717) is 4.47 Å². The topological polar surface area (TPSA) is 69.6 Å². The van der Waals surface area contributed by atoms with Gasteiger partial charge in [0.2, 0.25) is 0 Å². The number of anilines is 1. The molecule has 92 valence electrons. The van der Waals surface area contributed by atoms with Crippen LogP contribution in [0, 0.1) is 5.82 Å². The molecule has 1 aromatic carbocycles. The number of carbonyl (C=O) groups excluding carboxylic acids is 1. The Kier molecular flexibility index (Phi) is 4.45. The molecule has 0 aliphatic heterocycles. The normalized spacial score (nSPS) is 9.82. The number of amides is 2. The van der Waals surface area contributed by atoms with Gasteiger partial charge in [0.25, 0.3) is 0 Å². The molecule has 1 rings (SSSR count). The Morgan fingerprint density at radius 2 is 2.18 bits per heavy atom. The lowest BCUT2D eigenvalue weighted by molar-refractivity contribution is -0.137. The van der Waals surface area contributed by atoms with Crippen LogP contribution in [0.2, 0.25) is 0 Å². The molecule has 2 N–H and O–H groups in total. The van der Waals surface area contributed by atoms with Gasteiger partial charge < -0.3 is 15.3 Å². The van der Waals surface area contributed by atoms with E-state index >= 15 is 0 Å². The smallest absolute Gasteiger partial charge is 0.323 e. The number of hydrogen-bond acceptors (Lipinski definition) is 2. The molecule has 0 aliphatic carbocycles. The molecule has 0 fully saturated rings. The van der Waals surface area contributed by atoms with Gasteiger partial charge in [0, 0.05) is 11.5 Å². The van der Waals surface area contributed by atoms with Gasteiger partial charge in [0.1, 0.15) is 12.4 Å². The molecular weight excluding hydrogens is 295 g/mol. The minimum absolute atomic E-state index is 0.0124. The number of halogens is 2. The number of carboxylic acids is 1. The number of aliphatic carboxylic acids is 1. The van der Waals surface area contributed by atoms with Crippen molar-refractivity contribution in [1.29, 1.82) is 0 Å². The van der Waals surface area contributed by atoms with Gasteiger partial charge in [0.05, 0.1) is 5.69 Å². The minimum atomic E-state index is -1.14. The number of hydrogen-bond donors (Lipinski definition) is 2. The van der Waals surface area contributed by atoms with Crippen LogP contribution in [-0.2, 0) is 4.79 Å². The first-order valence-corrected chi connectivity index (χ1v) is 5.38. The van der Waals surface area contributed by atoms with E-state index in [2.05, 4.69) is 21.2 Å². The molecule has 0 unspecified atom stereocenters. The van der Waals surface area contributed by atoms with Gasteiger partial charge in [0.15, 0.2) is 0 Å². The van der Waals surface area contributed by atoms with E-state index in [9.17, 15) is 14.0 Å². The second kappa shape index (κ2) is 5.62. The van der Waals surface area contributed by atoms with Gasteiger partial charge in [-0.15, -0.1) is 0 Å². The second-order valence-corrected chi connectivity index (χ2v) is 4.22. The summed E-state index contributed by atoms with van der Waals surface area (Å²) in [6, 6.07) is 3.38. The van der Waals surface area contributed by atoms with Crippen LogP contribution in [0.4, 0.5) is 14.9 Å². The average Bonchev–Trinajstić information content (AvgIpc) is 2.22. The number of carbonyl (C=O) groups is 2. The van der Waals surface area contributed by atoms with Gasteiger partial charge in [-0.05, 0) is 18.2 Å². The highest BCUT2D eigenvalue weighted by Crippen LogP contribution is 2.20. The highest BCUT2D eigenvalue weighted by Gasteiger charge is 2.13. The number of urea groups is 1. The third-order valence-corrected chi connectivity index (χ3v) is 2.38. The van der Waals surface area contributed by atoms with Crippen LogP contribution >= 0.6 is 15.9 Å². The molecule has 0 aliphatic rings. The summed E-state index contributed by atoms with van der Waals surface area (Å²) in [6.07, 6.45) is 0. The lowest BCUT2D eigenvalue weighted by Crippen LogP contribution is -2.35. The van der Waals surface area contributed by atoms with E-state index < -0.39 is 24.4 Å². The highest BCUT2D eigenvalue weighted by molar-refractivity contribution is 9.10. The summed E-state index contributed by atoms with van der Waals surface area (Å²) in [7, 11) is 1.30. The van der Waals surface area contributed by atoms with Crippen LogP contribution in [0.3, 0.4) is 0 Å². The highest BCUT2D eigenvalue weighted by atomic mass is 79.9. The molecule has 1 aromatic rings. The summed E-state index contributed by atoms with van der Waals surface area (Å²) in [4.78, 5) is 22.8. The van der Waals surface area contributed by atoms with E-state index in [4.69, 9.17) is 5.11 Å². The molecule has 0 heterocycles. The first-order chi connectivity index (χ1) is 7.90. The Morgan fingerprint density at radius 1 is 1.53 bits per heavy atom. The summed E-state index contributed by atoms with van der Waals surface area (Å²) < 4.78 is 13.9. The van der Waals surface area contributed by atoms with Crippen molar-refractivity contribution in [2.75, 3.05) is 18.9 Å². The third kappa shape index (κ3) is 4.03. The molecule has 0 spiro atoms. The SMILES string of the molecule is CN(CC(=O)O)C(=O)Nc1cc(Br)ccc1F. The van der Waals surface area contributed by atoms with Gasteiger partial charge in [-0.2, -0.15) is 0 Å². The average molecular weight is 305 g/mol. The maximum Gasteiger partial charge on any atom is 0.323 e. The number of carboxylic acid groups (broad SMARTS) is 1. The summed E-state index contributed by atoms with van der Waals surface area (Å²) in [5.74, 6) is -1.73. The Labute approximate surface area is 105 Å². The minimum Gasteiger partial charge on any atom is -0.480 e. The maximum atomic E-state index is 13.3. The quantitative estimate of drug-likeness (QED) is 0.899. The predicted octanol–water partition coefficient (Wildman–Crippen LogP) is 2.14. The standard InChI is InChI=1S/C10H10BrFN2O3/c1-14(5-9(15)16)10(17)13-8-4-6(11)2-3-7(8)12/h2-4H,5H2,1H3,(H,13,17)(H,15,16). The van der Waals surface area contributed by atoms with Crippen molar-refractivity contribution in [2.24, 2.45) is 0 Å². The monoisotopic (exact) mass is 304 g/mol. The molecular formula is C10H10BrFN2O3. The molecule has 0 aromatic heterocycles. The summed E-state index contributed by atoms with van der Waals surface area (Å²) >= 11 is 3.14. The lowest BCUT2D eigenvalue weighted by atomic mass is 10.3. The largest absolute Gasteiger partial charge is 0.480 e. The maximum absolute atomic E-state index is 13.3. The molecule has 2 amide bonds. The Balaban J connectivity index is 2.73. The molecule has 0 saturated carbocycles. The fourth-order valence-corrected chi connectivity index (χ4v) is 1.44. The fraction of sp³-hybridized carbons (Fsp3) is 0.200. The van der Waals surface area contributed by atoms with Gasteiger partial charge in [-0.1, -0.05) is 15.9 Å². The van der Waals surface area contributed by atoms with E-state index in [0.717, 1.165) is 4.90 Å². The van der Waals surface area contributed by atoms with Gasteiger partial charge >= 0.3 is 12.0 Å². The van der Waals surface area contributed by atoms with Crippen molar-refractivity contribution < 1.29 is 19.1 Å². The van der Waals surface area contributed by atoms with Crippen LogP contribution in [0.25, 0.3) is 0 Å². The van der Waals surface area contributed by atoms with Crippen LogP contribution in [0.1, 0.15) is 0 Å². The Morgan fingerprint density at radius 3 is 2.76 bits per heavy atom. The molecule has 17 heavy (non-hydrogen) atoms. The number of likely N-dealkylation sites (N-methyl/N-ethyl adjacent to an activating group) is 1. The van der Waals surface area contributed by atoms with Crippen LogP contribution in [0.5, 0.6) is 0 Å². The summed E-state index contributed by atoms with van der Waals surface area (Å²) in [5, 5.41) is 10.8. The van der Waals surface area contributed by atoms with E-state index in [1.54, 1.807) is 0 Å². The molecule has 0 atom stereocenters. The zero-order valence-corrected chi connectivity index (χ0v) is 10.5. The van der Waals surface area contributed by atoms with Crippen molar-refractivity contribution >= 4 is 33.6 Å². The number of nitrogens with one attached hydrogen (secondary N) is 1. The van der Waals surface area contributed by atoms with Gasteiger partial charge in [-0.3, -0.25) is 4.79 Å². The molecule has 5 nitrogen and oxygen atoms in total. The zero-order chi connectivity index (χ0) is 13.0. The van der Waals surface area contributed by atoms with E-state index in [1.165, 1.54) is 25.2 Å². The fourth-order valence-electron chi connectivity index (χ4n) is 1.08. The first kappa shape index (κ1) is 13.4. The first-order valence-electron chi connectivity index (χ1n) is 4.59. The summed E-state index contributed by atoms with van der Waals surface area (Å²) in [6.45, 7) is -0.457. The van der Waals surface area contributed by atoms with Crippen molar-refractivity contribution in [1.82, 2.24) is 4.90 Å². The van der Waals surface area contributed by atoms with E-state index in [1.807, 2.05) is 0 Å². The molecule has 0 radical (unpaired) electrons. The van der Waals surface area contributed by atoms with Gasteiger partial charge in [-0.25, -0.2) is 9.18 Å². The predicted molar refractivity (Wildman–Crippen MR) is 63.4 cm³/mol. The van der Waals surface area contributed by atoms with Crippen molar-refractivity contribution in [3.8, 4) is 0 Å². The van der Waals surface area contributed by atoms with Crippen LogP contribution < -0.4 is 5.32 Å². The Hall–Kier alpha value is -1.63. The zero-order valence-electron chi connectivity index (χ0n) is 8.91. The van der Waals surface area contributed by atoms with Crippen molar-refractivity contribution in [2.45, 2.75) is 0 Å². The second-order valence-electron chi connectivity index (χ2n) is 3.30. The van der Waals surface area contributed by atoms with Crippen molar-refractivity contribution in [3.63, 3.8) is 0 Å². The molecule has 0 saturated heterocycles.